The molecule has 4 rings (SSSR count). The molecule has 2 heterocycles. The summed E-state index contributed by atoms with van der Waals surface area (Å²) in [6, 6.07) is 16.6. The standard InChI is InChI=1S/C22H15ClN2O5/c1-29-22(28)14-7-5-13(6-8-14)19-10-9-17(30-19)12-18-20(26)24-25(21(18)27)16-4-2-3-15(23)11-16/h2-12H,1H3,(H,24,26)/b18-12+. The van der Waals surface area contributed by atoms with Gasteiger partial charge in [0.25, 0.3) is 11.8 Å². The molecule has 3 aromatic rings. The zero-order valence-corrected chi connectivity index (χ0v) is 16.5. The van der Waals surface area contributed by atoms with E-state index in [9.17, 15) is 14.4 Å². The van der Waals surface area contributed by atoms with Gasteiger partial charge in [-0.05, 0) is 48.5 Å². The third-order valence-corrected chi connectivity index (χ3v) is 4.70. The summed E-state index contributed by atoms with van der Waals surface area (Å²) in [6.45, 7) is 0. The van der Waals surface area contributed by atoms with E-state index in [2.05, 4.69) is 10.2 Å². The maximum Gasteiger partial charge on any atom is 0.337 e. The number of hydrazine groups is 1. The predicted octanol–water partition coefficient (Wildman–Crippen LogP) is 3.85. The van der Waals surface area contributed by atoms with E-state index in [1.165, 1.54) is 13.2 Å². The lowest BCUT2D eigenvalue weighted by atomic mass is 10.1. The van der Waals surface area contributed by atoms with Crippen molar-refractivity contribution in [3.8, 4) is 11.3 Å². The lowest BCUT2D eigenvalue weighted by Gasteiger charge is -2.14. The van der Waals surface area contributed by atoms with Gasteiger partial charge in [-0.3, -0.25) is 15.0 Å². The molecule has 30 heavy (non-hydrogen) atoms. The number of benzene rings is 2. The normalized spacial score (nSPS) is 14.9. The highest BCUT2D eigenvalue weighted by Crippen LogP contribution is 2.27. The SMILES string of the molecule is COC(=O)c1ccc(-c2ccc(/C=C3\C(=O)NN(c4cccc(Cl)c4)C3=O)o2)cc1. The van der Waals surface area contributed by atoms with E-state index < -0.39 is 17.8 Å². The fourth-order valence-corrected chi connectivity index (χ4v) is 3.16. The first kappa shape index (κ1) is 19.5. The number of nitrogens with one attached hydrogen (secondary N) is 1. The molecule has 2 amide bonds. The highest BCUT2D eigenvalue weighted by Gasteiger charge is 2.34. The van der Waals surface area contributed by atoms with Crippen molar-refractivity contribution in [1.82, 2.24) is 5.43 Å². The highest BCUT2D eigenvalue weighted by molar-refractivity contribution is 6.33. The fourth-order valence-electron chi connectivity index (χ4n) is 2.97. The number of amides is 2. The van der Waals surface area contributed by atoms with Crippen LogP contribution in [0.5, 0.6) is 0 Å². The molecule has 0 radical (unpaired) electrons. The van der Waals surface area contributed by atoms with Crippen molar-refractivity contribution in [3.63, 3.8) is 0 Å². The molecular weight excluding hydrogens is 408 g/mol. The van der Waals surface area contributed by atoms with Gasteiger partial charge in [-0.2, -0.15) is 0 Å². The Morgan fingerprint density at radius 3 is 2.57 bits per heavy atom. The molecule has 8 heteroatoms. The van der Waals surface area contributed by atoms with E-state index in [0.29, 0.717) is 27.8 Å². The number of rotatable bonds is 4. The molecule has 7 nitrogen and oxygen atoms in total. The molecule has 1 aliphatic rings. The van der Waals surface area contributed by atoms with E-state index in [-0.39, 0.29) is 5.57 Å². The minimum atomic E-state index is -0.541. The number of hydrogen-bond donors (Lipinski definition) is 1. The maximum absolute atomic E-state index is 12.7. The quantitative estimate of drug-likeness (QED) is 0.392. The van der Waals surface area contributed by atoms with Crippen molar-refractivity contribution in [2.45, 2.75) is 0 Å². The van der Waals surface area contributed by atoms with Gasteiger partial charge in [-0.1, -0.05) is 29.8 Å². The van der Waals surface area contributed by atoms with Gasteiger partial charge in [0, 0.05) is 10.6 Å². The summed E-state index contributed by atoms with van der Waals surface area (Å²) in [6.07, 6.45) is 1.38. The average Bonchev–Trinajstić information content (AvgIpc) is 3.33. The molecule has 1 aromatic heterocycles. The van der Waals surface area contributed by atoms with Crippen LogP contribution in [0.3, 0.4) is 0 Å². The smallest absolute Gasteiger partial charge is 0.337 e. The molecule has 0 bridgehead atoms. The Balaban J connectivity index is 1.57. The molecule has 0 atom stereocenters. The Hall–Kier alpha value is -3.84. The molecule has 0 spiro atoms. The minimum absolute atomic E-state index is 0.0584. The summed E-state index contributed by atoms with van der Waals surface area (Å²) >= 11 is 5.96. The molecule has 0 saturated carbocycles. The van der Waals surface area contributed by atoms with Gasteiger partial charge in [-0.25, -0.2) is 9.80 Å². The van der Waals surface area contributed by atoms with Crippen LogP contribution in [-0.4, -0.2) is 24.9 Å². The van der Waals surface area contributed by atoms with Crippen molar-refractivity contribution >= 4 is 41.1 Å². The van der Waals surface area contributed by atoms with Crippen LogP contribution in [0.2, 0.25) is 5.02 Å². The lowest BCUT2D eigenvalue weighted by Crippen LogP contribution is -2.35. The van der Waals surface area contributed by atoms with Crippen molar-refractivity contribution in [3.05, 3.63) is 82.6 Å². The van der Waals surface area contributed by atoms with Crippen LogP contribution < -0.4 is 10.4 Å². The van der Waals surface area contributed by atoms with Crippen LogP contribution in [0.15, 0.2) is 70.7 Å². The Bertz CT molecular complexity index is 1180. The topological polar surface area (TPSA) is 88.9 Å². The first-order valence-corrected chi connectivity index (χ1v) is 9.25. The minimum Gasteiger partial charge on any atom is -0.465 e. The van der Waals surface area contributed by atoms with Gasteiger partial charge in [0.15, 0.2) is 0 Å². The molecule has 1 saturated heterocycles. The number of hydrogen-bond acceptors (Lipinski definition) is 5. The van der Waals surface area contributed by atoms with Gasteiger partial charge in [0.05, 0.1) is 18.4 Å². The van der Waals surface area contributed by atoms with Gasteiger partial charge in [-0.15, -0.1) is 0 Å². The van der Waals surface area contributed by atoms with Gasteiger partial charge in [0.2, 0.25) is 0 Å². The summed E-state index contributed by atoms with van der Waals surface area (Å²) in [7, 11) is 1.32. The number of esters is 1. The summed E-state index contributed by atoms with van der Waals surface area (Å²) in [5.74, 6) is -0.617. The molecule has 150 valence electrons. The third-order valence-electron chi connectivity index (χ3n) is 4.46. The molecular formula is C22H15ClN2O5. The Morgan fingerprint density at radius 1 is 1.10 bits per heavy atom. The van der Waals surface area contributed by atoms with Crippen LogP contribution in [0.4, 0.5) is 5.69 Å². The Kier molecular flexibility index (Phi) is 5.12. The highest BCUT2D eigenvalue weighted by atomic mass is 35.5. The van der Waals surface area contributed by atoms with Crippen molar-refractivity contribution in [2.24, 2.45) is 0 Å². The number of furan rings is 1. The molecule has 0 unspecified atom stereocenters. The average molecular weight is 423 g/mol. The first-order chi connectivity index (χ1) is 14.5. The number of methoxy groups -OCH3 is 1. The van der Waals surface area contributed by atoms with Crippen LogP contribution in [0, 0.1) is 0 Å². The molecule has 0 aliphatic carbocycles. The van der Waals surface area contributed by atoms with Crippen LogP contribution >= 0.6 is 11.6 Å². The monoisotopic (exact) mass is 422 g/mol. The Labute approximate surface area is 176 Å². The van der Waals surface area contributed by atoms with Gasteiger partial charge < -0.3 is 9.15 Å². The first-order valence-electron chi connectivity index (χ1n) is 8.87. The molecule has 1 fully saturated rings. The second-order valence-electron chi connectivity index (χ2n) is 6.39. The van der Waals surface area contributed by atoms with E-state index in [0.717, 1.165) is 10.6 Å². The van der Waals surface area contributed by atoms with Gasteiger partial charge in [0.1, 0.15) is 17.1 Å². The maximum atomic E-state index is 12.7. The number of nitrogens with zero attached hydrogens (tertiary/aromatic N) is 1. The zero-order chi connectivity index (χ0) is 21.3. The summed E-state index contributed by atoms with van der Waals surface area (Å²) in [5.41, 5.74) is 4.06. The summed E-state index contributed by atoms with van der Waals surface area (Å²) in [5, 5.41) is 1.58. The van der Waals surface area contributed by atoms with Crippen molar-refractivity contribution < 1.29 is 23.5 Å². The largest absolute Gasteiger partial charge is 0.465 e. The zero-order valence-electron chi connectivity index (χ0n) is 15.7. The van der Waals surface area contributed by atoms with E-state index >= 15 is 0 Å². The fraction of sp³-hybridized carbons (Fsp3) is 0.0455. The number of carbonyl (C=O) groups is 3. The number of anilines is 1. The van der Waals surface area contributed by atoms with E-state index in [1.807, 2.05) is 0 Å². The Morgan fingerprint density at radius 2 is 1.87 bits per heavy atom. The number of halogens is 1. The second-order valence-corrected chi connectivity index (χ2v) is 6.83. The van der Waals surface area contributed by atoms with Crippen molar-refractivity contribution in [1.29, 1.82) is 0 Å². The van der Waals surface area contributed by atoms with Crippen molar-refractivity contribution in [2.75, 3.05) is 12.1 Å². The number of ether oxygens (including phenoxy) is 1. The summed E-state index contributed by atoms with van der Waals surface area (Å²) in [4.78, 5) is 36.5. The molecule has 1 aliphatic heterocycles. The number of carbonyl (C=O) groups excluding carboxylic acids is 3. The second kappa shape index (κ2) is 7.88. The lowest BCUT2D eigenvalue weighted by molar-refractivity contribution is -0.117. The molecule has 1 N–H and O–H groups in total. The van der Waals surface area contributed by atoms with Crippen LogP contribution in [0.1, 0.15) is 16.1 Å². The third kappa shape index (κ3) is 3.70. The van der Waals surface area contributed by atoms with E-state index in [4.69, 9.17) is 16.0 Å². The van der Waals surface area contributed by atoms with E-state index in [1.54, 1.807) is 60.7 Å². The summed E-state index contributed by atoms with van der Waals surface area (Å²) < 4.78 is 10.4. The van der Waals surface area contributed by atoms with Crippen LogP contribution in [-0.2, 0) is 14.3 Å². The molecule has 2 aromatic carbocycles. The van der Waals surface area contributed by atoms with Crippen LogP contribution in [0.25, 0.3) is 17.4 Å². The predicted molar refractivity (Wildman–Crippen MR) is 111 cm³/mol. The van der Waals surface area contributed by atoms with Gasteiger partial charge >= 0.3 is 5.97 Å².